The van der Waals surface area contributed by atoms with Gasteiger partial charge in [-0.3, -0.25) is 14.3 Å². The monoisotopic (exact) mass is 427 g/mol. The first kappa shape index (κ1) is 21.5. The standard InChI is InChI=1S/C22H21NO6S/c1-17-10-12-19(13-11-17)30(26,27)29-15-14-20-21(23(24)25)8-5-9-22(20)28-16-18-6-3-2-4-7-18/h2-13H,14-16H2,1H3. The number of ether oxygens (including phenoxy) is 1. The van der Waals surface area contributed by atoms with Crippen molar-refractivity contribution in [3.05, 3.63) is 99.6 Å². The van der Waals surface area contributed by atoms with Gasteiger partial charge in [-0.25, -0.2) is 0 Å². The highest BCUT2D eigenvalue weighted by Gasteiger charge is 2.21. The molecule has 0 N–H and O–H groups in total. The maximum atomic E-state index is 12.4. The van der Waals surface area contributed by atoms with Crippen LogP contribution in [0.4, 0.5) is 5.69 Å². The first-order valence-corrected chi connectivity index (χ1v) is 10.7. The molecule has 3 aromatic carbocycles. The molecule has 0 amide bonds. The van der Waals surface area contributed by atoms with Gasteiger partial charge in [0.2, 0.25) is 0 Å². The van der Waals surface area contributed by atoms with Crippen LogP contribution in [0, 0.1) is 17.0 Å². The van der Waals surface area contributed by atoms with Gasteiger partial charge in [-0.1, -0.05) is 54.1 Å². The van der Waals surface area contributed by atoms with Crippen molar-refractivity contribution in [1.82, 2.24) is 0 Å². The Bertz CT molecular complexity index is 1110. The van der Waals surface area contributed by atoms with E-state index in [9.17, 15) is 18.5 Å². The summed E-state index contributed by atoms with van der Waals surface area (Å²) in [6.45, 7) is 1.84. The summed E-state index contributed by atoms with van der Waals surface area (Å²) in [5, 5.41) is 11.5. The molecule has 156 valence electrons. The van der Waals surface area contributed by atoms with Gasteiger partial charge in [0.1, 0.15) is 12.4 Å². The molecule has 0 heterocycles. The molecule has 0 saturated heterocycles. The molecule has 0 bridgehead atoms. The molecule has 0 spiro atoms. The third-order valence-corrected chi connectivity index (χ3v) is 5.77. The molecule has 0 aromatic heterocycles. The van der Waals surface area contributed by atoms with E-state index in [0.29, 0.717) is 5.75 Å². The zero-order valence-electron chi connectivity index (χ0n) is 16.4. The lowest BCUT2D eigenvalue weighted by Crippen LogP contribution is -2.11. The van der Waals surface area contributed by atoms with E-state index < -0.39 is 15.0 Å². The van der Waals surface area contributed by atoms with Gasteiger partial charge in [-0.05, 0) is 30.7 Å². The smallest absolute Gasteiger partial charge is 0.296 e. The summed E-state index contributed by atoms with van der Waals surface area (Å²) in [7, 11) is -3.96. The number of aryl methyl sites for hydroxylation is 1. The SMILES string of the molecule is Cc1ccc(S(=O)(=O)OCCc2c(OCc3ccccc3)cccc2[N+](=O)[O-])cc1. The van der Waals surface area contributed by atoms with Crippen LogP contribution in [0.2, 0.25) is 0 Å². The highest BCUT2D eigenvalue weighted by Crippen LogP contribution is 2.30. The highest BCUT2D eigenvalue weighted by atomic mass is 32.2. The topological polar surface area (TPSA) is 95.7 Å². The molecule has 30 heavy (non-hydrogen) atoms. The molecule has 0 aliphatic rings. The summed E-state index contributed by atoms with van der Waals surface area (Å²) in [4.78, 5) is 11.0. The minimum absolute atomic E-state index is 0.00632. The summed E-state index contributed by atoms with van der Waals surface area (Å²) >= 11 is 0. The average molecular weight is 427 g/mol. The summed E-state index contributed by atoms with van der Waals surface area (Å²) in [6, 6.07) is 20.2. The molecular formula is C22H21NO6S. The lowest BCUT2D eigenvalue weighted by atomic mass is 10.1. The molecule has 0 unspecified atom stereocenters. The number of nitrogens with zero attached hydrogens (tertiary/aromatic N) is 1. The number of hydrogen-bond acceptors (Lipinski definition) is 6. The maximum absolute atomic E-state index is 12.4. The second kappa shape index (κ2) is 9.51. The minimum atomic E-state index is -3.96. The lowest BCUT2D eigenvalue weighted by molar-refractivity contribution is -0.385. The van der Waals surface area contributed by atoms with Crippen molar-refractivity contribution in [1.29, 1.82) is 0 Å². The van der Waals surface area contributed by atoms with Crippen LogP contribution in [-0.4, -0.2) is 19.9 Å². The van der Waals surface area contributed by atoms with Crippen LogP contribution in [0.25, 0.3) is 0 Å². The molecule has 8 heteroatoms. The van der Waals surface area contributed by atoms with Gasteiger partial charge in [0.05, 0.1) is 22.0 Å². The van der Waals surface area contributed by atoms with Crippen LogP contribution in [0.5, 0.6) is 5.75 Å². The third-order valence-electron chi connectivity index (χ3n) is 4.44. The van der Waals surface area contributed by atoms with Crippen LogP contribution in [-0.2, 0) is 27.3 Å². The Labute approximate surface area is 175 Å². The zero-order chi connectivity index (χ0) is 21.6. The van der Waals surface area contributed by atoms with E-state index in [2.05, 4.69) is 0 Å². The molecule has 3 rings (SSSR count). The van der Waals surface area contributed by atoms with Crippen molar-refractivity contribution in [2.24, 2.45) is 0 Å². The Morgan fingerprint density at radius 3 is 2.30 bits per heavy atom. The van der Waals surface area contributed by atoms with Crippen LogP contribution in [0.1, 0.15) is 16.7 Å². The second-order valence-corrected chi connectivity index (χ2v) is 8.24. The van der Waals surface area contributed by atoms with Crippen molar-refractivity contribution in [2.45, 2.75) is 24.8 Å². The van der Waals surface area contributed by atoms with Crippen LogP contribution >= 0.6 is 0 Å². The molecule has 3 aromatic rings. The normalized spacial score (nSPS) is 11.2. The number of nitro groups is 1. The van der Waals surface area contributed by atoms with E-state index >= 15 is 0 Å². The average Bonchev–Trinajstić information content (AvgIpc) is 2.73. The Morgan fingerprint density at radius 2 is 1.63 bits per heavy atom. The van der Waals surface area contributed by atoms with E-state index in [1.54, 1.807) is 18.2 Å². The van der Waals surface area contributed by atoms with Crippen LogP contribution in [0.15, 0.2) is 77.7 Å². The van der Waals surface area contributed by atoms with Gasteiger partial charge in [-0.2, -0.15) is 8.42 Å². The van der Waals surface area contributed by atoms with Crippen molar-refractivity contribution < 1.29 is 22.3 Å². The van der Waals surface area contributed by atoms with E-state index in [4.69, 9.17) is 8.92 Å². The predicted octanol–water partition coefficient (Wildman–Crippen LogP) is 4.43. The molecular weight excluding hydrogens is 406 g/mol. The first-order valence-electron chi connectivity index (χ1n) is 9.26. The first-order chi connectivity index (χ1) is 14.4. The van der Waals surface area contributed by atoms with Gasteiger partial charge in [0, 0.05) is 12.5 Å². The molecule has 0 aliphatic carbocycles. The summed E-state index contributed by atoms with van der Waals surface area (Å²) in [5.41, 5.74) is 1.98. The van der Waals surface area contributed by atoms with Crippen molar-refractivity contribution in [3.8, 4) is 5.75 Å². The van der Waals surface area contributed by atoms with Crippen molar-refractivity contribution in [3.63, 3.8) is 0 Å². The largest absolute Gasteiger partial charge is 0.488 e. The fourth-order valence-corrected chi connectivity index (χ4v) is 3.78. The van der Waals surface area contributed by atoms with Gasteiger partial charge in [-0.15, -0.1) is 0 Å². The fraction of sp³-hybridized carbons (Fsp3) is 0.182. The van der Waals surface area contributed by atoms with E-state index in [1.807, 2.05) is 37.3 Å². The minimum Gasteiger partial charge on any atom is -0.488 e. The fourth-order valence-electron chi connectivity index (χ4n) is 2.87. The molecule has 0 atom stereocenters. The lowest BCUT2D eigenvalue weighted by Gasteiger charge is -2.12. The van der Waals surface area contributed by atoms with Crippen LogP contribution in [0.3, 0.4) is 0 Å². The Hall–Kier alpha value is -3.23. The summed E-state index contributed by atoms with van der Waals surface area (Å²) in [5.74, 6) is 0.324. The van der Waals surface area contributed by atoms with Crippen molar-refractivity contribution in [2.75, 3.05) is 6.61 Å². The number of rotatable bonds is 9. The van der Waals surface area contributed by atoms with Crippen molar-refractivity contribution >= 4 is 15.8 Å². The second-order valence-electron chi connectivity index (χ2n) is 6.62. The Kier molecular flexibility index (Phi) is 6.81. The molecule has 0 saturated carbocycles. The highest BCUT2D eigenvalue weighted by molar-refractivity contribution is 7.86. The third kappa shape index (κ3) is 5.43. The summed E-state index contributed by atoms with van der Waals surface area (Å²) < 4.78 is 35.6. The van der Waals surface area contributed by atoms with Gasteiger partial charge in [0.15, 0.2) is 0 Å². The number of benzene rings is 3. The Balaban J connectivity index is 1.75. The van der Waals surface area contributed by atoms with Gasteiger partial charge < -0.3 is 4.74 Å². The molecule has 0 fully saturated rings. The van der Waals surface area contributed by atoms with E-state index in [1.165, 1.54) is 24.3 Å². The number of hydrogen-bond donors (Lipinski definition) is 0. The van der Waals surface area contributed by atoms with E-state index in [0.717, 1.165) is 11.1 Å². The van der Waals surface area contributed by atoms with Gasteiger partial charge in [0.25, 0.3) is 15.8 Å². The summed E-state index contributed by atoms with van der Waals surface area (Å²) in [6.07, 6.45) is 0.00632. The zero-order valence-corrected chi connectivity index (χ0v) is 17.2. The quantitative estimate of drug-likeness (QED) is 0.285. The molecule has 7 nitrogen and oxygen atoms in total. The van der Waals surface area contributed by atoms with Crippen LogP contribution < -0.4 is 4.74 Å². The molecule has 0 radical (unpaired) electrons. The predicted molar refractivity (Wildman–Crippen MR) is 112 cm³/mol. The van der Waals surface area contributed by atoms with Gasteiger partial charge >= 0.3 is 0 Å². The number of nitro benzene ring substituents is 1. The maximum Gasteiger partial charge on any atom is 0.296 e. The van der Waals surface area contributed by atoms with E-state index in [-0.39, 0.29) is 35.8 Å². The molecule has 0 aliphatic heterocycles. The Morgan fingerprint density at radius 1 is 0.933 bits per heavy atom.